The predicted molar refractivity (Wildman–Crippen MR) is 96.6 cm³/mol. The van der Waals surface area contributed by atoms with E-state index < -0.39 is 22.9 Å². The zero-order valence-corrected chi connectivity index (χ0v) is 14.8. The molecule has 10 nitrogen and oxygen atoms in total. The number of furan rings is 1. The first-order valence-corrected chi connectivity index (χ1v) is 8.25. The van der Waals surface area contributed by atoms with E-state index in [1.807, 2.05) is 0 Å². The Morgan fingerprint density at radius 1 is 1.29 bits per heavy atom. The summed E-state index contributed by atoms with van der Waals surface area (Å²) in [4.78, 5) is 34.4. The Morgan fingerprint density at radius 3 is 2.68 bits per heavy atom. The molecule has 0 bridgehead atoms. The molecule has 3 rings (SSSR count). The fourth-order valence-electron chi connectivity index (χ4n) is 2.31. The van der Waals surface area contributed by atoms with E-state index in [1.54, 1.807) is 29.2 Å². The van der Waals surface area contributed by atoms with Crippen molar-refractivity contribution in [1.29, 1.82) is 0 Å². The van der Waals surface area contributed by atoms with Crippen LogP contribution in [-0.2, 0) is 16.1 Å². The van der Waals surface area contributed by atoms with Crippen molar-refractivity contribution >= 4 is 23.3 Å². The number of aromatic nitrogens is 2. The Labute approximate surface area is 158 Å². The van der Waals surface area contributed by atoms with Gasteiger partial charge in [-0.3, -0.25) is 19.6 Å². The van der Waals surface area contributed by atoms with Crippen LogP contribution in [-0.4, -0.2) is 32.7 Å². The number of hydrogen-bond acceptors (Lipinski definition) is 7. The van der Waals surface area contributed by atoms with Crippen LogP contribution < -0.4 is 5.32 Å². The first-order chi connectivity index (χ1) is 13.4. The molecular weight excluding hydrogens is 368 g/mol. The zero-order chi connectivity index (χ0) is 20.1. The number of nitrogens with one attached hydrogen (secondary N) is 1. The minimum Gasteiger partial charge on any atom is -0.452 e. The summed E-state index contributed by atoms with van der Waals surface area (Å²) in [5, 5.41) is 17.2. The molecule has 1 amide bonds. The standard InChI is InChI=1S/C18H16N4O6/c1-12(17(23)20-13-3-5-14(6-4-13)22(25)26)27-18(24)16-8-7-15(28-16)11-21-10-2-9-19-21/h2-10,12H,11H2,1H3,(H,20,23). The van der Waals surface area contributed by atoms with Gasteiger partial charge in [0.15, 0.2) is 6.10 Å². The number of non-ortho nitro benzene ring substituents is 1. The highest BCUT2D eigenvalue weighted by Crippen LogP contribution is 2.16. The summed E-state index contributed by atoms with van der Waals surface area (Å²) in [7, 11) is 0. The van der Waals surface area contributed by atoms with E-state index in [-0.39, 0.29) is 11.4 Å². The monoisotopic (exact) mass is 384 g/mol. The van der Waals surface area contributed by atoms with Crippen LogP contribution in [0.3, 0.4) is 0 Å². The summed E-state index contributed by atoms with van der Waals surface area (Å²) in [6.45, 7) is 1.77. The molecule has 0 aliphatic heterocycles. The minimum atomic E-state index is -1.10. The largest absolute Gasteiger partial charge is 0.452 e. The van der Waals surface area contributed by atoms with Crippen molar-refractivity contribution in [2.24, 2.45) is 0 Å². The third-order valence-corrected chi connectivity index (χ3v) is 3.74. The number of nitrogens with zero attached hydrogens (tertiary/aromatic N) is 3. The quantitative estimate of drug-likeness (QED) is 0.376. The zero-order valence-electron chi connectivity index (χ0n) is 14.8. The summed E-state index contributed by atoms with van der Waals surface area (Å²) < 4.78 is 12.2. The maximum absolute atomic E-state index is 12.2. The van der Waals surface area contributed by atoms with Crippen molar-refractivity contribution in [3.63, 3.8) is 0 Å². The van der Waals surface area contributed by atoms with E-state index in [0.717, 1.165) is 0 Å². The Hall–Kier alpha value is -3.95. The van der Waals surface area contributed by atoms with Gasteiger partial charge < -0.3 is 14.5 Å². The van der Waals surface area contributed by atoms with Gasteiger partial charge in [0.2, 0.25) is 5.76 Å². The maximum atomic E-state index is 12.2. The lowest BCUT2D eigenvalue weighted by molar-refractivity contribution is -0.384. The molecule has 144 valence electrons. The predicted octanol–water partition coefficient (Wildman–Crippen LogP) is 2.62. The van der Waals surface area contributed by atoms with Crippen molar-refractivity contribution in [3.8, 4) is 0 Å². The van der Waals surface area contributed by atoms with Crippen molar-refractivity contribution in [2.45, 2.75) is 19.6 Å². The van der Waals surface area contributed by atoms with Crippen LogP contribution in [0.25, 0.3) is 0 Å². The molecule has 0 aliphatic carbocycles. The van der Waals surface area contributed by atoms with Gasteiger partial charge in [-0.05, 0) is 37.3 Å². The first kappa shape index (κ1) is 18.8. The Bertz CT molecular complexity index is 978. The molecule has 0 fully saturated rings. The molecule has 0 saturated heterocycles. The van der Waals surface area contributed by atoms with Crippen LogP contribution in [0.4, 0.5) is 11.4 Å². The number of carbonyl (C=O) groups is 2. The number of hydrogen-bond donors (Lipinski definition) is 1. The molecule has 3 aromatic rings. The van der Waals surface area contributed by atoms with Gasteiger partial charge in [-0.25, -0.2) is 4.79 Å². The highest BCUT2D eigenvalue weighted by atomic mass is 16.6. The third-order valence-electron chi connectivity index (χ3n) is 3.74. The number of nitro groups is 1. The highest BCUT2D eigenvalue weighted by molar-refractivity contribution is 5.96. The van der Waals surface area contributed by atoms with Gasteiger partial charge in [-0.15, -0.1) is 0 Å². The van der Waals surface area contributed by atoms with Crippen molar-refractivity contribution in [3.05, 3.63) is 76.5 Å². The van der Waals surface area contributed by atoms with Crippen molar-refractivity contribution in [2.75, 3.05) is 5.32 Å². The second kappa shape index (κ2) is 8.16. The van der Waals surface area contributed by atoms with Crippen LogP contribution in [0.15, 0.2) is 59.3 Å². The number of benzene rings is 1. The highest BCUT2D eigenvalue weighted by Gasteiger charge is 2.21. The van der Waals surface area contributed by atoms with Gasteiger partial charge >= 0.3 is 5.97 Å². The van der Waals surface area contributed by atoms with Crippen LogP contribution in [0, 0.1) is 10.1 Å². The van der Waals surface area contributed by atoms with Crippen LogP contribution in [0.1, 0.15) is 23.2 Å². The molecule has 1 aromatic carbocycles. The lowest BCUT2D eigenvalue weighted by Gasteiger charge is -2.12. The van der Waals surface area contributed by atoms with Crippen LogP contribution in [0.2, 0.25) is 0 Å². The van der Waals surface area contributed by atoms with Crippen molar-refractivity contribution < 1.29 is 23.7 Å². The average Bonchev–Trinajstić information content (AvgIpc) is 3.34. The number of esters is 1. The van der Waals surface area contributed by atoms with E-state index in [4.69, 9.17) is 9.15 Å². The molecule has 1 N–H and O–H groups in total. The van der Waals surface area contributed by atoms with Crippen LogP contribution in [0.5, 0.6) is 0 Å². The summed E-state index contributed by atoms with van der Waals surface area (Å²) in [5.74, 6) is -0.876. The van der Waals surface area contributed by atoms with Gasteiger partial charge in [0, 0.05) is 30.2 Å². The number of anilines is 1. The summed E-state index contributed by atoms with van der Waals surface area (Å²) in [5.41, 5.74) is 0.249. The van der Waals surface area contributed by atoms with E-state index in [9.17, 15) is 19.7 Å². The second-order valence-electron chi connectivity index (χ2n) is 5.81. The summed E-state index contributed by atoms with van der Waals surface area (Å²) in [6, 6.07) is 10.1. The molecule has 0 saturated carbocycles. The summed E-state index contributed by atoms with van der Waals surface area (Å²) in [6.07, 6.45) is 2.29. The lowest BCUT2D eigenvalue weighted by Crippen LogP contribution is -2.29. The number of carbonyl (C=O) groups excluding carboxylic acids is 2. The SMILES string of the molecule is CC(OC(=O)c1ccc(Cn2cccn2)o1)C(=O)Nc1ccc([N+](=O)[O-])cc1. The van der Waals surface area contributed by atoms with Gasteiger partial charge in [-0.1, -0.05) is 0 Å². The Balaban J connectivity index is 1.55. The fraction of sp³-hybridized carbons (Fsp3) is 0.167. The Kier molecular flexibility index (Phi) is 5.49. The normalized spacial score (nSPS) is 11.6. The average molecular weight is 384 g/mol. The number of rotatable bonds is 7. The van der Waals surface area contributed by atoms with Gasteiger partial charge in [0.25, 0.3) is 11.6 Å². The van der Waals surface area contributed by atoms with Crippen LogP contribution >= 0.6 is 0 Å². The van der Waals surface area contributed by atoms with Gasteiger partial charge in [0.05, 0.1) is 11.5 Å². The Morgan fingerprint density at radius 2 is 2.04 bits per heavy atom. The molecule has 2 heterocycles. The number of amides is 1. The smallest absolute Gasteiger partial charge is 0.375 e. The van der Waals surface area contributed by atoms with Crippen molar-refractivity contribution in [1.82, 2.24) is 9.78 Å². The van der Waals surface area contributed by atoms with E-state index >= 15 is 0 Å². The first-order valence-electron chi connectivity index (χ1n) is 8.25. The van der Waals surface area contributed by atoms with E-state index in [2.05, 4.69) is 10.4 Å². The number of ether oxygens (including phenoxy) is 1. The molecule has 1 atom stereocenters. The van der Waals surface area contributed by atoms with E-state index in [1.165, 1.54) is 37.3 Å². The van der Waals surface area contributed by atoms with Gasteiger partial charge in [0.1, 0.15) is 5.76 Å². The molecule has 0 radical (unpaired) electrons. The maximum Gasteiger partial charge on any atom is 0.375 e. The van der Waals surface area contributed by atoms with Gasteiger partial charge in [-0.2, -0.15) is 5.10 Å². The number of nitro benzene ring substituents is 1. The molecule has 10 heteroatoms. The minimum absolute atomic E-state index is 0.0304. The third kappa shape index (κ3) is 4.61. The molecule has 2 aromatic heterocycles. The molecule has 28 heavy (non-hydrogen) atoms. The lowest BCUT2D eigenvalue weighted by atomic mass is 10.2. The topological polar surface area (TPSA) is 130 Å². The molecule has 1 unspecified atom stereocenters. The summed E-state index contributed by atoms with van der Waals surface area (Å²) >= 11 is 0. The molecule has 0 aliphatic rings. The van der Waals surface area contributed by atoms with E-state index in [0.29, 0.717) is 18.0 Å². The molecule has 0 spiro atoms. The second-order valence-corrected chi connectivity index (χ2v) is 5.81. The fourth-order valence-corrected chi connectivity index (χ4v) is 2.31. The molecular formula is C18H16N4O6.